The maximum absolute atomic E-state index is 6.57. The van der Waals surface area contributed by atoms with Gasteiger partial charge in [0.25, 0.3) is 0 Å². The normalized spacial score (nSPS) is 14.7. The number of ether oxygens (including phenoxy) is 2. The molecule has 6 nitrogen and oxygen atoms in total. The largest absolute Gasteiger partial charge is 0.495 e. The van der Waals surface area contributed by atoms with Gasteiger partial charge in [0.05, 0.1) is 29.8 Å². The Morgan fingerprint density at radius 3 is 2.33 bits per heavy atom. The van der Waals surface area contributed by atoms with Gasteiger partial charge >= 0.3 is 0 Å². The van der Waals surface area contributed by atoms with Gasteiger partial charge in [0.2, 0.25) is 5.95 Å². The lowest BCUT2D eigenvalue weighted by atomic mass is 10.0. The standard InChI is InChI=1S/C22H24Cl2N4O2/c1-28(15-6-8-25-9-7-15)22-26-12-14-10-13(4-5-16(14)27-22)19-20(23)17(29-2)11-18(30-3)21(19)24/h4-5,10-12,15,25H,6-9H2,1-3H3. The summed E-state index contributed by atoms with van der Waals surface area (Å²) in [6.45, 7) is 2.05. The van der Waals surface area contributed by atoms with E-state index in [1.165, 1.54) is 0 Å². The van der Waals surface area contributed by atoms with Crippen molar-refractivity contribution in [1.82, 2.24) is 15.3 Å². The van der Waals surface area contributed by atoms with Gasteiger partial charge in [0.1, 0.15) is 11.5 Å². The van der Waals surface area contributed by atoms with Crippen LogP contribution in [0.25, 0.3) is 22.0 Å². The number of benzene rings is 2. The van der Waals surface area contributed by atoms with Crippen LogP contribution >= 0.6 is 23.2 Å². The Morgan fingerprint density at radius 1 is 1.03 bits per heavy atom. The number of aromatic nitrogens is 2. The monoisotopic (exact) mass is 446 g/mol. The predicted molar refractivity (Wildman–Crippen MR) is 122 cm³/mol. The Hall–Kier alpha value is -2.28. The molecule has 30 heavy (non-hydrogen) atoms. The molecule has 1 aromatic heterocycles. The lowest BCUT2D eigenvalue weighted by Gasteiger charge is -2.31. The van der Waals surface area contributed by atoms with E-state index >= 15 is 0 Å². The quantitative estimate of drug-likeness (QED) is 0.606. The number of hydrogen-bond donors (Lipinski definition) is 1. The molecule has 8 heteroatoms. The molecule has 0 aliphatic carbocycles. The van der Waals surface area contributed by atoms with Crippen LogP contribution in [0.2, 0.25) is 10.0 Å². The number of nitrogens with one attached hydrogen (secondary N) is 1. The second-order valence-corrected chi connectivity index (χ2v) is 8.08. The molecule has 0 bridgehead atoms. The highest BCUT2D eigenvalue weighted by molar-refractivity contribution is 6.41. The smallest absolute Gasteiger partial charge is 0.225 e. The van der Waals surface area contributed by atoms with Gasteiger partial charge in [0.15, 0.2) is 0 Å². The van der Waals surface area contributed by atoms with Gasteiger partial charge in [0, 0.05) is 36.3 Å². The molecule has 3 aromatic rings. The molecule has 1 fully saturated rings. The molecule has 1 aliphatic heterocycles. The Labute approximate surface area is 186 Å². The summed E-state index contributed by atoms with van der Waals surface area (Å²) < 4.78 is 10.8. The van der Waals surface area contributed by atoms with E-state index in [1.807, 2.05) is 24.4 Å². The van der Waals surface area contributed by atoms with E-state index in [4.69, 9.17) is 37.7 Å². The van der Waals surface area contributed by atoms with Crippen molar-refractivity contribution in [3.8, 4) is 22.6 Å². The van der Waals surface area contributed by atoms with E-state index in [2.05, 4.69) is 22.2 Å². The maximum Gasteiger partial charge on any atom is 0.225 e. The van der Waals surface area contributed by atoms with Crippen molar-refractivity contribution < 1.29 is 9.47 Å². The van der Waals surface area contributed by atoms with Crippen LogP contribution in [-0.2, 0) is 0 Å². The number of hydrogen-bond acceptors (Lipinski definition) is 6. The van der Waals surface area contributed by atoms with Crippen LogP contribution in [0, 0.1) is 0 Å². The topological polar surface area (TPSA) is 59.5 Å². The van der Waals surface area contributed by atoms with Gasteiger partial charge in [-0.05, 0) is 43.6 Å². The molecule has 158 valence electrons. The van der Waals surface area contributed by atoms with Crippen LogP contribution in [0.4, 0.5) is 5.95 Å². The SMILES string of the molecule is COc1cc(OC)c(Cl)c(-c2ccc3nc(N(C)C4CCNCC4)ncc3c2)c1Cl. The van der Waals surface area contributed by atoms with Crippen LogP contribution < -0.4 is 19.7 Å². The summed E-state index contributed by atoms with van der Waals surface area (Å²) in [5.41, 5.74) is 2.37. The number of rotatable bonds is 5. The van der Waals surface area contributed by atoms with Gasteiger partial charge < -0.3 is 19.7 Å². The first-order valence-corrected chi connectivity index (χ1v) is 10.6. The van der Waals surface area contributed by atoms with Crippen molar-refractivity contribution in [3.05, 3.63) is 40.5 Å². The summed E-state index contributed by atoms with van der Waals surface area (Å²) in [5, 5.41) is 5.17. The second kappa shape index (κ2) is 8.84. The van der Waals surface area contributed by atoms with Crippen LogP contribution in [0.3, 0.4) is 0 Å². The number of fused-ring (bicyclic) bond motifs is 1. The third-order valence-electron chi connectivity index (χ3n) is 5.60. The number of piperidine rings is 1. The fraction of sp³-hybridized carbons (Fsp3) is 0.364. The third-order valence-corrected chi connectivity index (χ3v) is 6.35. The number of halogens is 2. The molecule has 1 saturated heterocycles. The molecule has 0 saturated carbocycles. The van der Waals surface area contributed by atoms with Gasteiger partial charge in [-0.25, -0.2) is 9.97 Å². The van der Waals surface area contributed by atoms with Gasteiger partial charge in [-0.1, -0.05) is 29.3 Å². The van der Waals surface area contributed by atoms with Crippen LogP contribution in [0.5, 0.6) is 11.5 Å². The number of nitrogens with zero attached hydrogens (tertiary/aromatic N) is 3. The molecule has 0 spiro atoms. The minimum atomic E-state index is 0.436. The van der Waals surface area contributed by atoms with E-state index in [0.29, 0.717) is 33.1 Å². The number of methoxy groups -OCH3 is 2. The number of anilines is 1. The zero-order chi connectivity index (χ0) is 21.3. The van der Waals surface area contributed by atoms with E-state index in [9.17, 15) is 0 Å². The molecule has 4 rings (SSSR count). The maximum atomic E-state index is 6.57. The summed E-state index contributed by atoms with van der Waals surface area (Å²) in [4.78, 5) is 11.6. The first kappa shape index (κ1) is 21.0. The van der Waals surface area contributed by atoms with Crippen LogP contribution in [0.1, 0.15) is 12.8 Å². The molecular weight excluding hydrogens is 423 g/mol. The summed E-state index contributed by atoms with van der Waals surface area (Å²) >= 11 is 13.1. The Morgan fingerprint density at radius 2 is 1.70 bits per heavy atom. The highest BCUT2D eigenvalue weighted by Gasteiger charge is 2.21. The van der Waals surface area contributed by atoms with Crippen LogP contribution in [0.15, 0.2) is 30.5 Å². The lowest BCUT2D eigenvalue weighted by molar-refractivity contribution is 0.395. The van der Waals surface area contributed by atoms with Crippen molar-refractivity contribution in [3.63, 3.8) is 0 Å². The molecule has 0 atom stereocenters. The molecule has 2 heterocycles. The minimum Gasteiger partial charge on any atom is -0.495 e. The van der Waals surface area contributed by atoms with Crippen LogP contribution in [-0.4, -0.2) is 50.4 Å². The highest BCUT2D eigenvalue weighted by Crippen LogP contribution is 2.46. The molecule has 0 unspecified atom stereocenters. The average molecular weight is 447 g/mol. The van der Waals surface area contributed by atoms with E-state index in [0.717, 1.165) is 48.3 Å². The Kier molecular flexibility index (Phi) is 6.18. The summed E-state index contributed by atoms with van der Waals surface area (Å²) in [7, 11) is 5.19. The molecule has 2 aromatic carbocycles. The third kappa shape index (κ3) is 3.87. The fourth-order valence-electron chi connectivity index (χ4n) is 3.85. The lowest BCUT2D eigenvalue weighted by Crippen LogP contribution is -2.41. The zero-order valence-corrected chi connectivity index (χ0v) is 18.7. The predicted octanol–water partition coefficient (Wildman–Crippen LogP) is 4.81. The van der Waals surface area contributed by atoms with E-state index < -0.39 is 0 Å². The van der Waals surface area contributed by atoms with Gasteiger partial charge in [-0.15, -0.1) is 0 Å². The average Bonchev–Trinajstić information content (AvgIpc) is 2.79. The van der Waals surface area contributed by atoms with Gasteiger partial charge in [-0.2, -0.15) is 0 Å². The van der Waals surface area contributed by atoms with Gasteiger partial charge in [-0.3, -0.25) is 0 Å². The van der Waals surface area contributed by atoms with Crippen molar-refractivity contribution in [1.29, 1.82) is 0 Å². The summed E-state index contributed by atoms with van der Waals surface area (Å²) in [6, 6.07) is 8.03. The minimum absolute atomic E-state index is 0.436. The molecule has 1 N–H and O–H groups in total. The molecule has 0 amide bonds. The molecular formula is C22H24Cl2N4O2. The van der Waals surface area contributed by atoms with Crippen molar-refractivity contribution in [2.45, 2.75) is 18.9 Å². The highest BCUT2D eigenvalue weighted by atomic mass is 35.5. The first-order valence-electron chi connectivity index (χ1n) is 9.84. The fourth-order valence-corrected chi connectivity index (χ4v) is 4.56. The van der Waals surface area contributed by atoms with Crippen molar-refractivity contribution in [2.24, 2.45) is 0 Å². The summed E-state index contributed by atoms with van der Waals surface area (Å²) in [5.74, 6) is 1.74. The van der Waals surface area contributed by atoms with E-state index in [1.54, 1.807) is 20.3 Å². The van der Waals surface area contributed by atoms with Crippen molar-refractivity contribution >= 4 is 40.1 Å². The molecule has 1 aliphatic rings. The van der Waals surface area contributed by atoms with Crippen molar-refractivity contribution in [2.75, 3.05) is 39.3 Å². The Bertz CT molecular complexity index is 1040. The molecule has 0 radical (unpaired) electrons. The van der Waals surface area contributed by atoms with E-state index in [-0.39, 0.29) is 0 Å². The zero-order valence-electron chi connectivity index (χ0n) is 17.2. The second-order valence-electron chi connectivity index (χ2n) is 7.32. The first-order chi connectivity index (χ1) is 14.5. The summed E-state index contributed by atoms with van der Waals surface area (Å²) in [6.07, 6.45) is 4.02. The Balaban J connectivity index is 1.73.